The Hall–Kier alpha value is -5.24. The molecule has 5 N–H and O–H groups in total. The molecule has 338 valence electrons. The first kappa shape index (κ1) is 45.8. The van der Waals surface area contributed by atoms with Crippen LogP contribution >= 0.6 is 11.3 Å². The van der Waals surface area contributed by atoms with E-state index in [1.54, 1.807) is 30.3 Å². The second-order valence-corrected chi connectivity index (χ2v) is 18.3. The SMILES string of the molecule is COc1ccc(C(=O)N[C@@H]2CCN(c3ccc4c(c3)N(C)[C@@H](C(C)C)C(=O)N[C@H](CO)C4)C2)cc1NCC#Cc1sc2c(NCC3CCN(C)C[C@@H]3F)cccc2c1CC(F)(F)F. The fourth-order valence-corrected chi connectivity index (χ4v) is 10.2. The number of aliphatic hydroxyl groups excluding tert-OH is 1. The van der Waals surface area contributed by atoms with Crippen LogP contribution in [0.3, 0.4) is 0 Å². The van der Waals surface area contributed by atoms with Gasteiger partial charge in [-0.3, -0.25) is 9.59 Å². The van der Waals surface area contributed by atoms with Crippen molar-refractivity contribution < 1.29 is 37.0 Å². The van der Waals surface area contributed by atoms with E-state index in [-0.39, 0.29) is 54.4 Å². The summed E-state index contributed by atoms with van der Waals surface area (Å²) in [4.78, 5) is 33.3. The summed E-state index contributed by atoms with van der Waals surface area (Å²) < 4.78 is 62.6. The molecule has 63 heavy (non-hydrogen) atoms. The Kier molecular flexibility index (Phi) is 14.3. The zero-order valence-corrected chi connectivity index (χ0v) is 37.2. The van der Waals surface area contributed by atoms with Crippen molar-refractivity contribution in [2.75, 3.05) is 87.5 Å². The van der Waals surface area contributed by atoms with Crippen LogP contribution in [0.15, 0.2) is 54.6 Å². The fraction of sp³-hybridized carbons (Fsp3) is 0.489. The van der Waals surface area contributed by atoms with E-state index in [1.165, 1.54) is 18.4 Å². The average Bonchev–Trinajstić information content (AvgIpc) is 3.85. The summed E-state index contributed by atoms with van der Waals surface area (Å²) in [6.07, 6.45) is -4.64. The molecule has 2 amide bonds. The molecule has 16 heteroatoms. The second kappa shape index (κ2) is 19.7. The molecule has 0 spiro atoms. The van der Waals surface area contributed by atoms with Gasteiger partial charge in [0.1, 0.15) is 18.0 Å². The molecule has 0 saturated carbocycles. The monoisotopic (exact) mass is 891 g/mol. The van der Waals surface area contributed by atoms with E-state index in [0.717, 1.165) is 36.4 Å². The maximum atomic E-state index is 14.8. The first-order valence-corrected chi connectivity index (χ1v) is 22.3. The minimum atomic E-state index is -4.45. The maximum Gasteiger partial charge on any atom is 0.393 e. The number of methoxy groups -OCH3 is 1. The highest BCUT2D eigenvalue weighted by molar-refractivity contribution is 7.20. The molecule has 1 aromatic heterocycles. The first-order valence-electron chi connectivity index (χ1n) is 21.5. The third-order valence-electron chi connectivity index (χ3n) is 12.3. The van der Waals surface area contributed by atoms with Crippen molar-refractivity contribution in [1.29, 1.82) is 0 Å². The number of thiophene rings is 1. The number of alkyl halides is 4. The van der Waals surface area contributed by atoms with Crippen molar-refractivity contribution in [3.05, 3.63) is 76.2 Å². The number of benzene rings is 3. The van der Waals surface area contributed by atoms with Crippen LogP contribution in [0.2, 0.25) is 0 Å². The summed E-state index contributed by atoms with van der Waals surface area (Å²) in [6.45, 7) is 6.76. The fourth-order valence-electron chi connectivity index (χ4n) is 9.03. The zero-order chi connectivity index (χ0) is 45.0. The zero-order valence-electron chi connectivity index (χ0n) is 36.4. The van der Waals surface area contributed by atoms with E-state index in [0.29, 0.717) is 70.1 Å². The van der Waals surface area contributed by atoms with Gasteiger partial charge in [-0.25, -0.2) is 4.39 Å². The lowest BCUT2D eigenvalue weighted by atomic mass is 9.95. The van der Waals surface area contributed by atoms with Gasteiger partial charge in [0.2, 0.25) is 5.91 Å². The normalized spacial score (nSPS) is 21.9. The predicted molar refractivity (Wildman–Crippen MR) is 243 cm³/mol. The number of hydrogen-bond acceptors (Lipinski definition) is 10. The highest BCUT2D eigenvalue weighted by Gasteiger charge is 2.34. The van der Waals surface area contributed by atoms with Crippen LogP contribution in [0.5, 0.6) is 5.75 Å². The van der Waals surface area contributed by atoms with E-state index in [4.69, 9.17) is 4.74 Å². The van der Waals surface area contributed by atoms with Gasteiger partial charge in [-0.1, -0.05) is 43.9 Å². The van der Waals surface area contributed by atoms with Gasteiger partial charge < -0.3 is 45.8 Å². The van der Waals surface area contributed by atoms with Gasteiger partial charge in [0.25, 0.3) is 5.91 Å². The second-order valence-electron chi connectivity index (χ2n) is 17.3. The van der Waals surface area contributed by atoms with Crippen LogP contribution in [-0.2, 0) is 17.6 Å². The first-order chi connectivity index (χ1) is 30.1. The third kappa shape index (κ3) is 10.8. The molecule has 1 unspecified atom stereocenters. The summed E-state index contributed by atoms with van der Waals surface area (Å²) >= 11 is 1.19. The number of nitrogens with one attached hydrogen (secondary N) is 4. The molecule has 4 aromatic rings. The van der Waals surface area contributed by atoms with Crippen molar-refractivity contribution in [1.82, 2.24) is 15.5 Å². The lowest BCUT2D eigenvalue weighted by Crippen LogP contribution is -2.54. The Morgan fingerprint density at radius 3 is 2.59 bits per heavy atom. The molecule has 0 radical (unpaired) electrons. The number of likely N-dealkylation sites (N-methyl/N-ethyl adjacent to an activating group) is 1. The number of carbonyl (C=O) groups is 2. The smallest absolute Gasteiger partial charge is 0.393 e. The average molecular weight is 892 g/mol. The number of rotatable bonds is 12. The summed E-state index contributed by atoms with van der Waals surface area (Å²) in [5, 5.41) is 23.1. The van der Waals surface area contributed by atoms with Gasteiger partial charge in [0.05, 0.1) is 53.7 Å². The lowest BCUT2D eigenvalue weighted by Gasteiger charge is -2.37. The van der Waals surface area contributed by atoms with E-state index in [9.17, 15) is 32.3 Å². The molecule has 5 atom stereocenters. The summed E-state index contributed by atoms with van der Waals surface area (Å²) in [7, 11) is 5.33. The van der Waals surface area contributed by atoms with Gasteiger partial charge in [0, 0.05) is 62.1 Å². The molecular formula is C47H57F4N7O4S. The van der Waals surface area contributed by atoms with Gasteiger partial charge >= 0.3 is 6.18 Å². The summed E-state index contributed by atoms with van der Waals surface area (Å²) in [5.41, 5.74) is 4.64. The number of aliphatic hydroxyl groups is 1. The molecule has 3 aromatic carbocycles. The van der Waals surface area contributed by atoms with Crippen LogP contribution in [0.1, 0.15) is 53.1 Å². The number of fused-ring (bicyclic) bond motifs is 2. The maximum absolute atomic E-state index is 14.8. The van der Waals surface area contributed by atoms with Crippen molar-refractivity contribution in [2.45, 2.75) is 70.0 Å². The van der Waals surface area contributed by atoms with E-state index < -0.39 is 24.8 Å². The van der Waals surface area contributed by atoms with Crippen LogP contribution in [0.25, 0.3) is 10.1 Å². The number of carbonyl (C=O) groups excluding carboxylic acids is 2. The van der Waals surface area contributed by atoms with E-state index in [1.807, 2.05) is 43.8 Å². The highest BCUT2D eigenvalue weighted by Crippen LogP contribution is 2.40. The number of nitrogens with zero attached hydrogens (tertiary/aromatic N) is 3. The number of amides is 2. The molecule has 7 rings (SSSR count). The van der Waals surface area contributed by atoms with Gasteiger partial charge in [-0.2, -0.15) is 13.2 Å². The Bertz CT molecular complexity index is 2350. The van der Waals surface area contributed by atoms with Crippen LogP contribution in [0, 0.1) is 23.7 Å². The number of halogens is 4. The molecular weight excluding hydrogens is 835 g/mol. The summed E-state index contributed by atoms with van der Waals surface area (Å²) in [6, 6.07) is 15.5. The van der Waals surface area contributed by atoms with Gasteiger partial charge in [-0.15, -0.1) is 11.3 Å². The Morgan fingerprint density at radius 2 is 1.86 bits per heavy atom. The number of ether oxygens (including phenoxy) is 1. The van der Waals surface area contributed by atoms with E-state index in [2.05, 4.69) is 56.2 Å². The Labute approximate surface area is 370 Å². The summed E-state index contributed by atoms with van der Waals surface area (Å²) in [5.74, 6) is 5.91. The topological polar surface area (TPSA) is 121 Å². The van der Waals surface area contributed by atoms with Gasteiger partial charge in [-0.05, 0) is 91.7 Å². The molecule has 2 fully saturated rings. The predicted octanol–water partition coefficient (Wildman–Crippen LogP) is 6.68. The molecule has 3 aliphatic rings. The van der Waals surface area contributed by atoms with Crippen LogP contribution in [-0.4, -0.2) is 119 Å². The minimum absolute atomic E-state index is 0.0366. The quantitative estimate of drug-likeness (QED) is 0.0784. The Morgan fingerprint density at radius 1 is 1.05 bits per heavy atom. The Balaban J connectivity index is 1.01. The molecule has 2 saturated heterocycles. The van der Waals surface area contributed by atoms with E-state index >= 15 is 0 Å². The molecule has 11 nitrogen and oxygen atoms in total. The van der Waals surface area contributed by atoms with Crippen molar-refractivity contribution in [2.24, 2.45) is 11.8 Å². The number of hydrogen-bond donors (Lipinski definition) is 5. The van der Waals surface area contributed by atoms with Gasteiger partial charge in [0.15, 0.2) is 0 Å². The number of anilines is 4. The van der Waals surface area contributed by atoms with Crippen molar-refractivity contribution in [3.63, 3.8) is 0 Å². The molecule has 0 aliphatic carbocycles. The number of likely N-dealkylation sites (tertiary alicyclic amines) is 1. The van der Waals surface area contributed by atoms with Crippen molar-refractivity contribution in [3.8, 4) is 17.6 Å². The molecule has 0 bridgehead atoms. The van der Waals surface area contributed by atoms with Crippen molar-refractivity contribution >= 4 is 56.0 Å². The molecule has 3 aliphatic heterocycles. The largest absolute Gasteiger partial charge is 0.495 e. The third-order valence-corrected chi connectivity index (χ3v) is 13.5. The minimum Gasteiger partial charge on any atom is -0.495 e. The lowest BCUT2D eigenvalue weighted by molar-refractivity contribution is -0.127. The highest BCUT2D eigenvalue weighted by atomic mass is 32.1. The molecule has 4 heterocycles. The number of piperidine rings is 1. The standard InChI is InChI=1S/C47H57F4N7O4S/c1-28(2)43-46(61)55-33(27-59)20-29-11-13-34(22-40(29)57(43)4)58-19-16-32(25-58)54-45(60)30-12-14-41(62-5)39(21-30)52-17-7-10-42-36(23-47(49,50)51)35-8-6-9-38(44(35)63-42)53-24-31-15-18-56(3)26-37(31)48/h6,8-9,11-14,21-22,28,31-33,37,43,52-53,59H,15-20,23-27H2,1-5H3,(H,54,60)(H,55,61)/t31?,32-,33+,37+,43+/m1/s1. The van der Waals surface area contributed by atoms with Crippen LogP contribution < -0.4 is 35.8 Å². The van der Waals surface area contributed by atoms with Crippen LogP contribution in [0.4, 0.5) is 40.3 Å².